The maximum atomic E-state index is 15.0. The molecule has 0 fully saturated rings. The Hall–Kier alpha value is -4.74. The van der Waals surface area contributed by atoms with E-state index in [0.29, 0.717) is 0 Å². The summed E-state index contributed by atoms with van der Waals surface area (Å²) in [5.41, 5.74) is 0.428. The minimum atomic E-state index is -7.03. The first kappa shape index (κ1) is 32.2. The smallest absolute Gasteiger partial charge is 0.340 e. The zero-order valence-electron chi connectivity index (χ0n) is 22.5. The van der Waals surface area contributed by atoms with Gasteiger partial charge in [-0.25, -0.2) is 0 Å². The van der Waals surface area contributed by atoms with E-state index in [0.717, 1.165) is 0 Å². The van der Waals surface area contributed by atoms with Gasteiger partial charge in [-0.3, -0.25) is 9.59 Å². The van der Waals surface area contributed by atoms with E-state index < -0.39 is 47.6 Å². The van der Waals surface area contributed by atoms with Crippen LogP contribution in [0.5, 0.6) is 0 Å². The van der Waals surface area contributed by atoms with Gasteiger partial charge in [0.15, 0.2) is 0 Å². The van der Waals surface area contributed by atoms with Crippen molar-refractivity contribution in [1.82, 2.24) is 10.6 Å². The van der Waals surface area contributed by atoms with Gasteiger partial charge in [0.1, 0.15) is 0 Å². The van der Waals surface area contributed by atoms with Crippen molar-refractivity contribution in [2.24, 2.45) is 0 Å². The molecule has 12 heteroatoms. The van der Waals surface area contributed by atoms with Crippen molar-refractivity contribution in [3.63, 3.8) is 0 Å². The second kappa shape index (κ2) is 12.5. The van der Waals surface area contributed by atoms with Gasteiger partial charge in [-0.05, 0) is 22.3 Å². The van der Waals surface area contributed by atoms with E-state index >= 15 is 0 Å². The van der Waals surface area contributed by atoms with Gasteiger partial charge in [0.2, 0.25) is 0 Å². The van der Waals surface area contributed by atoms with Crippen LogP contribution in [0.3, 0.4) is 0 Å². The molecule has 4 aromatic rings. The van der Waals surface area contributed by atoms with Crippen LogP contribution in [0.15, 0.2) is 121 Å². The van der Waals surface area contributed by atoms with Crippen molar-refractivity contribution in [2.45, 2.75) is 35.8 Å². The number of hydrogen-bond donors (Lipinski definition) is 2. The fraction of sp³-hybridized carbons (Fsp3) is 0.188. The third kappa shape index (κ3) is 6.01. The van der Waals surface area contributed by atoms with Crippen LogP contribution in [-0.2, 0) is 9.59 Å². The molecule has 2 N–H and O–H groups in total. The summed E-state index contributed by atoms with van der Waals surface area (Å²) >= 11 is 0. The fourth-order valence-corrected chi connectivity index (χ4v) is 4.42. The van der Waals surface area contributed by atoms with Crippen molar-refractivity contribution < 1.29 is 44.7 Å². The van der Waals surface area contributed by atoms with Gasteiger partial charge in [0, 0.05) is 0 Å². The van der Waals surface area contributed by atoms with Crippen molar-refractivity contribution in [3.8, 4) is 0 Å². The molecule has 0 aliphatic heterocycles. The zero-order valence-corrected chi connectivity index (χ0v) is 22.5. The highest BCUT2D eigenvalue weighted by Crippen LogP contribution is 2.53. The lowest BCUT2D eigenvalue weighted by molar-refractivity contribution is -0.347. The Labute approximate surface area is 246 Å². The Bertz CT molecular complexity index is 1360. The predicted octanol–water partition coefficient (Wildman–Crippen LogP) is 7.34. The van der Waals surface area contributed by atoms with Gasteiger partial charge in [-0.2, -0.15) is 35.1 Å². The van der Waals surface area contributed by atoms with E-state index in [9.17, 15) is 44.7 Å². The number of alkyl halides is 8. The zero-order chi connectivity index (χ0) is 32.2. The number of hydrogen-bond acceptors (Lipinski definition) is 2. The molecule has 0 saturated heterocycles. The van der Waals surface area contributed by atoms with Gasteiger partial charge < -0.3 is 10.6 Å². The molecule has 0 saturated carbocycles. The van der Waals surface area contributed by atoms with E-state index in [1.54, 1.807) is 10.6 Å². The second-order valence-electron chi connectivity index (χ2n) is 9.75. The Morgan fingerprint density at radius 2 is 0.614 bits per heavy atom. The summed E-state index contributed by atoms with van der Waals surface area (Å²) < 4.78 is 119. The molecule has 0 heterocycles. The van der Waals surface area contributed by atoms with Crippen LogP contribution in [0.1, 0.15) is 34.3 Å². The van der Waals surface area contributed by atoms with Gasteiger partial charge in [-0.15, -0.1) is 0 Å². The molecule has 230 valence electrons. The Balaban J connectivity index is 1.63. The minimum Gasteiger partial charge on any atom is -0.340 e. The molecule has 0 aromatic heterocycles. The fourth-order valence-electron chi connectivity index (χ4n) is 4.42. The maximum absolute atomic E-state index is 15.0. The third-order valence-electron chi connectivity index (χ3n) is 6.84. The van der Waals surface area contributed by atoms with E-state index in [-0.39, 0.29) is 22.3 Å². The molecule has 0 aliphatic rings. The van der Waals surface area contributed by atoms with Crippen LogP contribution in [0.4, 0.5) is 35.1 Å². The number of nitrogens with one attached hydrogen (secondary N) is 2. The van der Waals surface area contributed by atoms with Crippen LogP contribution < -0.4 is 10.6 Å². The van der Waals surface area contributed by atoms with Gasteiger partial charge in [0.05, 0.1) is 12.1 Å². The Morgan fingerprint density at radius 3 is 0.818 bits per heavy atom. The monoisotopic (exact) mass is 620 g/mol. The van der Waals surface area contributed by atoms with Crippen molar-refractivity contribution in [1.29, 1.82) is 0 Å². The number of benzene rings is 4. The SMILES string of the molecule is O=C(NC(c1ccccc1)c1ccccc1)C(F)(F)C(F)(F)C(F)(F)C(F)(F)C(=O)NC(c1ccccc1)c1ccccc1. The predicted molar refractivity (Wildman–Crippen MR) is 146 cm³/mol. The molecule has 0 bridgehead atoms. The number of carbonyl (C=O) groups excluding carboxylic acids is 2. The molecule has 0 atom stereocenters. The first-order valence-electron chi connectivity index (χ1n) is 13.0. The number of rotatable bonds is 11. The lowest BCUT2D eigenvalue weighted by atomic mass is 9.94. The molecule has 4 rings (SSSR count). The average molecular weight is 621 g/mol. The van der Waals surface area contributed by atoms with Crippen LogP contribution in [0.25, 0.3) is 0 Å². The summed E-state index contributed by atoms with van der Waals surface area (Å²) in [7, 11) is 0. The van der Waals surface area contributed by atoms with Gasteiger partial charge in [0.25, 0.3) is 11.8 Å². The van der Waals surface area contributed by atoms with Crippen LogP contribution in [0.2, 0.25) is 0 Å². The highest BCUT2D eigenvalue weighted by Gasteiger charge is 2.84. The standard InChI is InChI=1S/C32H24F8N2O2/c33-29(34,27(43)41-25(21-13-5-1-6-14-21)22-15-7-2-8-16-22)31(37,38)32(39,40)30(35,36)28(44)42-26(23-17-9-3-10-18-23)24-19-11-4-12-20-24/h1-20,25-26H,(H,41,43)(H,42,44). The largest absolute Gasteiger partial charge is 0.392 e. The van der Waals surface area contributed by atoms with Crippen molar-refractivity contribution >= 4 is 11.8 Å². The molecule has 44 heavy (non-hydrogen) atoms. The summed E-state index contributed by atoms with van der Waals surface area (Å²) in [4.78, 5) is 25.1. The topological polar surface area (TPSA) is 58.2 Å². The highest BCUT2D eigenvalue weighted by atomic mass is 19.4. The number of amides is 2. The molecule has 4 aromatic carbocycles. The molecule has 4 nitrogen and oxygen atoms in total. The van der Waals surface area contributed by atoms with Crippen LogP contribution in [0, 0.1) is 0 Å². The molecule has 0 spiro atoms. The van der Waals surface area contributed by atoms with Crippen molar-refractivity contribution in [3.05, 3.63) is 144 Å². The number of halogens is 8. The summed E-state index contributed by atoms with van der Waals surface area (Å²) in [6.07, 6.45) is 0. The van der Waals surface area contributed by atoms with E-state index in [1.165, 1.54) is 121 Å². The highest BCUT2D eigenvalue weighted by molar-refractivity contribution is 5.88. The molecule has 2 amide bonds. The Morgan fingerprint density at radius 1 is 0.409 bits per heavy atom. The maximum Gasteiger partial charge on any atom is 0.392 e. The minimum absolute atomic E-state index is 0.107. The van der Waals surface area contributed by atoms with E-state index in [1.807, 2.05) is 0 Å². The average Bonchev–Trinajstić information content (AvgIpc) is 3.03. The molecule has 0 radical (unpaired) electrons. The molecule has 0 aliphatic carbocycles. The lowest BCUT2D eigenvalue weighted by Gasteiger charge is -2.36. The van der Waals surface area contributed by atoms with E-state index in [2.05, 4.69) is 0 Å². The first-order chi connectivity index (χ1) is 20.7. The normalized spacial score (nSPS) is 12.7. The lowest BCUT2D eigenvalue weighted by Crippen LogP contribution is -2.69. The quantitative estimate of drug-likeness (QED) is 0.173. The molecular formula is C32H24F8N2O2. The van der Waals surface area contributed by atoms with E-state index in [4.69, 9.17) is 0 Å². The Kier molecular flexibility index (Phi) is 9.12. The molecular weight excluding hydrogens is 596 g/mol. The summed E-state index contributed by atoms with van der Waals surface area (Å²) in [5, 5.41) is 3.15. The van der Waals surface area contributed by atoms with Gasteiger partial charge >= 0.3 is 23.7 Å². The summed E-state index contributed by atoms with van der Waals surface area (Å²) in [6, 6.07) is 25.3. The van der Waals surface area contributed by atoms with Gasteiger partial charge in [-0.1, -0.05) is 121 Å². The summed E-state index contributed by atoms with van der Waals surface area (Å²) in [6.45, 7) is 0. The third-order valence-corrected chi connectivity index (χ3v) is 6.84. The number of carbonyl (C=O) groups is 2. The van der Waals surface area contributed by atoms with Crippen LogP contribution >= 0.6 is 0 Å². The first-order valence-corrected chi connectivity index (χ1v) is 13.0. The summed E-state index contributed by atoms with van der Waals surface area (Å²) in [5.74, 6) is -32.8. The van der Waals surface area contributed by atoms with Crippen molar-refractivity contribution in [2.75, 3.05) is 0 Å². The van der Waals surface area contributed by atoms with Crippen LogP contribution in [-0.4, -0.2) is 35.5 Å². The molecule has 0 unspecified atom stereocenters. The second-order valence-corrected chi connectivity index (χ2v) is 9.75.